The Bertz CT molecular complexity index is 1280. The molecule has 15 heteroatoms. The van der Waals surface area contributed by atoms with Gasteiger partial charge in [0.15, 0.2) is 18.7 Å². The molecule has 0 aromatic rings. The summed E-state index contributed by atoms with van der Waals surface area (Å²) in [7, 11) is 0. The molecule has 0 amide bonds. The molecule has 11 atom stereocenters. The second-order valence-electron chi connectivity index (χ2n) is 15.2. The van der Waals surface area contributed by atoms with Crippen LogP contribution in [0.25, 0.3) is 0 Å². The van der Waals surface area contributed by atoms with Crippen LogP contribution >= 0.6 is 0 Å². The summed E-state index contributed by atoms with van der Waals surface area (Å²) in [4.78, 5) is 25.5. The van der Waals surface area contributed by atoms with Gasteiger partial charge in [0.1, 0.15) is 55.4 Å². The Hall–Kier alpha value is -2.80. The van der Waals surface area contributed by atoms with Gasteiger partial charge in [0, 0.05) is 12.8 Å². The number of carbonyl (C=O) groups is 2. The van der Waals surface area contributed by atoms with E-state index in [1.54, 1.807) is 0 Å². The number of ether oxygens (including phenoxy) is 6. The molecule has 0 aromatic heterocycles. The molecule has 0 aromatic carbocycles. The minimum absolute atomic E-state index is 0.115. The Morgan fingerprint density at radius 3 is 1.72 bits per heavy atom. The first-order valence-corrected chi connectivity index (χ1v) is 21.9. The van der Waals surface area contributed by atoms with Crippen LogP contribution in [0.1, 0.15) is 117 Å². The number of aliphatic hydroxyl groups is 7. The van der Waals surface area contributed by atoms with Crippen molar-refractivity contribution in [3.8, 4) is 0 Å². The monoisotopic (exact) mass is 855 g/mol. The Kier molecular flexibility index (Phi) is 29.2. The fourth-order valence-corrected chi connectivity index (χ4v) is 6.38. The second-order valence-corrected chi connectivity index (χ2v) is 15.2. The Morgan fingerprint density at radius 2 is 1.07 bits per heavy atom. The maximum atomic E-state index is 12.9. The molecule has 2 aliphatic rings. The Balaban J connectivity index is 1.90. The van der Waals surface area contributed by atoms with Gasteiger partial charge in [-0.2, -0.15) is 0 Å². The summed E-state index contributed by atoms with van der Waals surface area (Å²) in [6.07, 6.45) is 17.1. The highest BCUT2D eigenvalue weighted by Crippen LogP contribution is 2.26. The molecule has 15 nitrogen and oxygen atoms in total. The lowest BCUT2D eigenvalue weighted by Crippen LogP contribution is -2.61. The number of hydrogen-bond acceptors (Lipinski definition) is 15. The summed E-state index contributed by atoms with van der Waals surface area (Å²) >= 11 is 0. The first-order chi connectivity index (χ1) is 29.0. The molecule has 344 valence electrons. The van der Waals surface area contributed by atoms with Crippen LogP contribution in [0.5, 0.6) is 0 Å². The van der Waals surface area contributed by atoms with Crippen molar-refractivity contribution in [2.45, 2.75) is 184 Å². The molecule has 2 aliphatic heterocycles. The van der Waals surface area contributed by atoms with Gasteiger partial charge in [-0.25, -0.2) is 0 Å². The third-order valence-electron chi connectivity index (χ3n) is 10.1. The van der Waals surface area contributed by atoms with Crippen LogP contribution < -0.4 is 0 Å². The minimum Gasteiger partial charge on any atom is -0.462 e. The molecule has 7 N–H and O–H groups in total. The van der Waals surface area contributed by atoms with E-state index in [-0.39, 0.29) is 19.4 Å². The zero-order valence-corrected chi connectivity index (χ0v) is 35.7. The second kappa shape index (κ2) is 32.9. The van der Waals surface area contributed by atoms with Crippen molar-refractivity contribution in [3.05, 3.63) is 60.8 Å². The predicted molar refractivity (Wildman–Crippen MR) is 224 cm³/mol. The van der Waals surface area contributed by atoms with Crippen LogP contribution in [0, 0.1) is 0 Å². The van der Waals surface area contributed by atoms with E-state index in [9.17, 15) is 45.3 Å². The molecular formula is C45H74O15. The molecule has 0 bridgehead atoms. The number of aliphatic hydroxyl groups excluding tert-OH is 7. The molecule has 2 rings (SSSR count). The number of rotatable bonds is 31. The van der Waals surface area contributed by atoms with Crippen molar-refractivity contribution in [2.24, 2.45) is 0 Å². The van der Waals surface area contributed by atoms with Gasteiger partial charge in [-0.15, -0.1) is 0 Å². The van der Waals surface area contributed by atoms with Crippen LogP contribution in [0.15, 0.2) is 60.8 Å². The summed E-state index contributed by atoms with van der Waals surface area (Å²) in [5, 5.41) is 71.8. The van der Waals surface area contributed by atoms with Crippen LogP contribution in [-0.2, 0) is 38.0 Å². The van der Waals surface area contributed by atoms with Gasteiger partial charge in [-0.05, 0) is 51.4 Å². The van der Waals surface area contributed by atoms with Crippen molar-refractivity contribution >= 4 is 11.9 Å². The van der Waals surface area contributed by atoms with Crippen molar-refractivity contribution in [1.82, 2.24) is 0 Å². The van der Waals surface area contributed by atoms with E-state index >= 15 is 0 Å². The third kappa shape index (κ3) is 21.8. The SMILES string of the molecule is CC/C=C/C=C/C=C/C=C/CCCCCC(=O)OC(COC(=O)CCCCCCC/C=C/CCCC)CO[C@@H]1O[C@H](CO[C@@H]2O[C@H](CO)[C@H](O)C(O)C2O)[C@H](O)C(O)C1O. The maximum Gasteiger partial charge on any atom is 0.306 e. The lowest BCUT2D eigenvalue weighted by Gasteiger charge is -2.42. The molecule has 60 heavy (non-hydrogen) atoms. The average molecular weight is 855 g/mol. The van der Waals surface area contributed by atoms with Crippen LogP contribution in [0.3, 0.4) is 0 Å². The average Bonchev–Trinajstić information content (AvgIpc) is 3.24. The van der Waals surface area contributed by atoms with Gasteiger partial charge in [-0.1, -0.05) is 113 Å². The van der Waals surface area contributed by atoms with Gasteiger partial charge in [0.05, 0.1) is 19.8 Å². The Labute approximate surface area is 356 Å². The molecule has 2 heterocycles. The van der Waals surface area contributed by atoms with E-state index in [0.29, 0.717) is 12.8 Å². The van der Waals surface area contributed by atoms with E-state index in [2.05, 4.69) is 38.2 Å². The van der Waals surface area contributed by atoms with E-state index in [1.807, 2.05) is 36.5 Å². The summed E-state index contributed by atoms with van der Waals surface area (Å²) in [5.41, 5.74) is 0. The molecule has 2 saturated heterocycles. The quantitative estimate of drug-likeness (QED) is 0.0225. The summed E-state index contributed by atoms with van der Waals surface area (Å²) < 4.78 is 33.3. The Morgan fingerprint density at radius 1 is 0.550 bits per heavy atom. The lowest BCUT2D eigenvalue weighted by molar-refractivity contribution is -0.332. The van der Waals surface area contributed by atoms with Gasteiger partial charge < -0.3 is 64.2 Å². The molecule has 0 aliphatic carbocycles. The fraction of sp³-hybridized carbons (Fsp3) is 0.733. The molecule has 0 saturated carbocycles. The highest BCUT2D eigenvalue weighted by molar-refractivity contribution is 5.70. The van der Waals surface area contributed by atoms with Crippen LogP contribution in [0.4, 0.5) is 0 Å². The molecule has 0 spiro atoms. The number of unbranched alkanes of at least 4 members (excludes halogenated alkanes) is 10. The van der Waals surface area contributed by atoms with Crippen molar-refractivity contribution in [2.75, 3.05) is 26.4 Å². The molecular weight excluding hydrogens is 780 g/mol. The van der Waals surface area contributed by atoms with Crippen molar-refractivity contribution < 1.29 is 73.8 Å². The van der Waals surface area contributed by atoms with Gasteiger partial charge in [-0.3, -0.25) is 9.59 Å². The topological polar surface area (TPSA) is 231 Å². The minimum atomic E-state index is -1.77. The summed E-state index contributed by atoms with van der Waals surface area (Å²) in [5.74, 6) is -0.992. The standard InChI is InChI=1S/C45H74O15/c1-3-5-7-9-11-13-15-16-18-20-22-24-26-28-37(48)58-33(30-55-36(47)27-25-23-21-19-17-14-12-10-8-6-4-2)31-56-44-43(54)41(52)39(50)35(60-44)32-57-45-42(53)40(51)38(49)34(29-46)59-45/h5,7,9-13,15-16,18,33-35,38-46,49-54H,3-4,6,8,14,17,19-32H2,1-2H3/b7-5+,11-9+,12-10+,15-13+,18-16+/t33?,34-,35-,38+,39+,40?,41?,42?,43?,44-,45-/m1/s1. The van der Waals surface area contributed by atoms with Gasteiger partial charge in [0.2, 0.25) is 0 Å². The first-order valence-electron chi connectivity index (χ1n) is 21.9. The smallest absolute Gasteiger partial charge is 0.306 e. The first kappa shape index (κ1) is 53.3. The largest absolute Gasteiger partial charge is 0.462 e. The van der Waals surface area contributed by atoms with Crippen molar-refractivity contribution in [3.63, 3.8) is 0 Å². The van der Waals surface area contributed by atoms with Gasteiger partial charge in [0.25, 0.3) is 0 Å². The normalized spacial score (nSPS) is 28.1. The third-order valence-corrected chi connectivity index (χ3v) is 10.1. The van der Waals surface area contributed by atoms with Crippen LogP contribution in [-0.4, -0.2) is 142 Å². The van der Waals surface area contributed by atoms with Gasteiger partial charge >= 0.3 is 11.9 Å². The number of esters is 2. The number of carbonyl (C=O) groups excluding carboxylic acids is 2. The fourth-order valence-electron chi connectivity index (χ4n) is 6.38. The van der Waals surface area contributed by atoms with E-state index in [4.69, 9.17) is 28.4 Å². The molecule has 2 fully saturated rings. The zero-order chi connectivity index (χ0) is 44.0. The van der Waals surface area contributed by atoms with Crippen molar-refractivity contribution in [1.29, 1.82) is 0 Å². The zero-order valence-electron chi connectivity index (χ0n) is 35.7. The highest BCUT2D eigenvalue weighted by Gasteiger charge is 2.47. The maximum absolute atomic E-state index is 12.9. The molecule has 5 unspecified atom stereocenters. The number of allylic oxidation sites excluding steroid dienone is 10. The predicted octanol–water partition coefficient (Wildman–Crippen LogP) is 4.14. The number of hydrogen-bond donors (Lipinski definition) is 7. The van der Waals surface area contributed by atoms with E-state index < -0.39 is 99.3 Å². The summed E-state index contributed by atoms with van der Waals surface area (Å²) in [6, 6.07) is 0. The molecule has 0 radical (unpaired) electrons. The van der Waals surface area contributed by atoms with Crippen LogP contribution in [0.2, 0.25) is 0 Å². The van der Waals surface area contributed by atoms with E-state index in [0.717, 1.165) is 64.2 Å². The lowest BCUT2D eigenvalue weighted by atomic mass is 9.98. The highest BCUT2D eigenvalue weighted by atomic mass is 16.7. The van der Waals surface area contributed by atoms with E-state index in [1.165, 1.54) is 12.8 Å². The summed E-state index contributed by atoms with van der Waals surface area (Å²) in [6.45, 7) is 2.31.